The molecule has 3 heterocycles. The molecule has 10 heteroatoms. The van der Waals surface area contributed by atoms with E-state index in [2.05, 4.69) is 23.5 Å². The van der Waals surface area contributed by atoms with E-state index in [9.17, 15) is 13.2 Å². The van der Waals surface area contributed by atoms with Crippen LogP contribution in [0.5, 0.6) is 0 Å². The van der Waals surface area contributed by atoms with Crippen molar-refractivity contribution >= 4 is 43.5 Å². The maximum Gasteiger partial charge on any atom is 0.355 e. The number of anilines is 1. The Morgan fingerprint density at radius 2 is 1.72 bits per heavy atom. The number of carbonyl (C=O) groups is 1. The van der Waals surface area contributed by atoms with E-state index in [4.69, 9.17) is 15.5 Å². The largest absolute Gasteiger partial charge is 0.461 e. The van der Waals surface area contributed by atoms with E-state index in [-0.39, 0.29) is 18.8 Å². The molecule has 240 valence electrons. The molecule has 1 aliphatic rings. The summed E-state index contributed by atoms with van der Waals surface area (Å²) in [5.41, 5.74) is 9.66. The van der Waals surface area contributed by atoms with Crippen LogP contribution < -0.4 is 10.5 Å². The second-order valence-corrected chi connectivity index (χ2v) is 14.1. The number of fused-ring (bicyclic) bond motifs is 2. The third-order valence-electron chi connectivity index (χ3n) is 8.80. The first kappa shape index (κ1) is 31.7. The first-order chi connectivity index (χ1) is 22.2. The number of rotatable bonds is 11. The standard InChI is InChI=1S/C36H41N5O4S/c1-25(2)40-16-14-26(15-17-40)23-45-36(42)34-20-29-12-13-31(21-37)38-35(29)41(34)22-30-19-32(18-28-10-6-7-11-33(28)30)39-46(43,44)24-27-8-4-3-5-9-27/h3-13,18-20,25-26,39H,14-17,21-24,37H2,1-2H3. The number of sulfonamides is 1. The maximum absolute atomic E-state index is 13.7. The fraction of sp³-hybridized carbons (Fsp3) is 0.333. The van der Waals surface area contributed by atoms with Crippen LogP contribution in [0.3, 0.4) is 0 Å². The minimum Gasteiger partial charge on any atom is -0.461 e. The summed E-state index contributed by atoms with van der Waals surface area (Å²) in [6, 6.07) is 26.7. The van der Waals surface area contributed by atoms with Gasteiger partial charge in [-0.05, 0) is 97.9 Å². The second-order valence-electron chi connectivity index (χ2n) is 12.4. The lowest BCUT2D eigenvalue weighted by atomic mass is 9.97. The van der Waals surface area contributed by atoms with Gasteiger partial charge in [0.25, 0.3) is 0 Å². The summed E-state index contributed by atoms with van der Waals surface area (Å²) in [5, 5.41) is 2.63. The molecule has 46 heavy (non-hydrogen) atoms. The topological polar surface area (TPSA) is 120 Å². The molecule has 3 aromatic carbocycles. The van der Waals surface area contributed by atoms with Crippen molar-refractivity contribution in [1.82, 2.24) is 14.5 Å². The average Bonchev–Trinajstić information content (AvgIpc) is 3.41. The van der Waals surface area contributed by atoms with Gasteiger partial charge in [0, 0.05) is 23.7 Å². The number of nitrogens with one attached hydrogen (secondary N) is 1. The SMILES string of the molecule is CC(C)N1CCC(COC(=O)c2cc3ccc(CN)nc3n2Cc2cc(NS(=O)(=O)Cc3ccccc3)cc3ccccc23)CC1. The van der Waals surface area contributed by atoms with Gasteiger partial charge < -0.3 is 19.9 Å². The van der Waals surface area contributed by atoms with Crippen LogP contribution in [0, 0.1) is 5.92 Å². The number of likely N-dealkylation sites (tertiary alicyclic amines) is 1. The lowest BCUT2D eigenvalue weighted by Crippen LogP contribution is -2.39. The molecule has 0 amide bonds. The number of nitrogens with zero attached hydrogens (tertiary/aromatic N) is 3. The lowest BCUT2D eigenvalue weighted by molar-refractivity contribution is 0.0344. The zero-order chi connectivity index (χ0) is 32.3. The average molecular weight is 640 g/mol. The molecule has 0 bridgehead atoms. The zero-order valence-corrected chi connectivity index (χ0v) is 27.2. The van der Waals surface area contributed by atoms with Crippen molar-refractivity contribution in [1.29, 1.82) is 0 Å². The molecule has 0 spiro atoms. The number of hydrogen-bond acceptors (Lipinski definition) is 7. The summed E-state index contributed by atoms with van der Waals surface area (Å²) in [6.45, 7) is 7.34. The van der Waals surface area contributed by atoms with Crippen LogP contribution in [0.15, 0.2) is 84.9 Å². The Kier molecular flexibility index (Phi) is 9.39. The van der Waals surface area contributed by atoms with Crippen molar-refractivity contribution in [2.75, 3.05) is 24.4 Å². The van der Waals surface area contributed by atoms with Crippen molar-refractivity contribution in [2.24, 2.45) is 11.7 Å². The van der Waals surface area contributed by atoms with Gasteiger partial charge in [0.1, 0.15) is 11.3 Å². The molecule has 2 aromatic heterocycles. The molecule has 0 unspecified atom stereocenters. The van der Waals surface area contributed by atoms with Gasteiger partial charge in [0.15, 0.2) is 0 Å². The highest BCUT2D eigenvalue weighted by atomic mass is 32.2. The van der Waals surface area contributed by atoms with Crippen LogP contribution in [-0.4, -0.2) is 54.6 Å². The highest BCUT2D eigenvalue weighted by Gasteiger charge is 2.25. The Morgan fingerprint density at radius 3 is 2.46 bits per heavy atom. The number of hydrogen-bond donors (Lipinski definition) is 2. The van der Waals surface area contributed by atoms with Crippen molar-refractivity contribution in [3.05, 3.63) is 107 Å². The van der Waals surface area contributed by atoms with E-state index in [1.54, 1.807) is 12.1 Å². The minimum absolute atomic E-state index is 0.142. The number of esters is 1. The van der Waals surface area contributed by atoms with Gasteiger partial charge in [-0.15, -0.1) is 0 Å². The Morgan fingerprint density at radius 1 is 0.978 bits per heavy atom. The quantitative estimate of drug-likeness (QED) is 0.172. The Labute approximate surface area is 270 Å². The Balaban J connectivity index is 1.31. The fourth-order valence-corrected chi connectivity index (χ4v) is 7.45. The minimum atomic E-state index is -3.69. The first-order valence-corrected chi connectivity index (χ1v) is 17.5. The Bertz CT molecular complexity index is 1950. The van der Waals surface area contributed by atoms with E-state index in [1.807, 2.05) is 77.4 Å². The van der Waals surface area contributed by atoms with Gasteiger partial charge in [-0.25, -0.2) is 18.2 Å². The van der Waals surface area contributed by atoms with E-state index in [0.29, 0.717) is 46.9 Å². The van der Waals surface area contributed by atoms with Gasteiger partial charge in [0.05, 0.1) is 24.6 Å². The first-order valence-electron chi connectivity index (χ1n) is 15.9. The molecule has 0 radical (unpaired) electrons. The van der Waals surface area contributed by atoms with E-state index in [0.717, 1.165) is 47.7 Å². The van der Waals surface area contributed by atoms with Crippen molar-refractivity contribution in [3.8, 4) is 0 Å². The summed E-state index contributed by atoms with van der Waals surface area (Å²) in [5.74, 6) is -0.220. The molecule has 9 nitrogen and oxygen atoms in total. The number of ether oxygens (including phenoxy) is 1. The molecule has 0 atom stereocenters. The van der Waals surface area contributed by atoms with E-state index in [1.165, 1.54) is 0 Å². The molecule has 0 aliphatic carbocycles. The summed E-state index contributed by atoms with van der Waals surface area (Å²) < 4.78 is 36.9. The number of pyridine rings is 1. The molecule has 0 saturated carbocycles. The molecule has 1 aliphatic heterocycles. The van der Waals surface area contributed by atoms with Crippen LogP contribution in [0.25, 0.3) is 21.8 Å². The number of benzene rings is 3. The van der Waals surface area contributed by atoms with Crippen LogP contribution in [-0.2, 0) is 33.6 Å². The molecule has 1 fully saturated rings. The summed E-state index contributed by atoms with van der Waals surface area (Å²) in [6.07, 6.45) is 1.99. The van der Waals surface area contributed by atoms with Gasteiger partial charge >= 0.3 is 5.97 Å². The van der Waals surface area contributed by atoms with Gasteiger partial charge in [0.2, 0.25) is 10.0 Å². The van der Waals surface area contributed by atoms with Gasteiger partial charge in [-0.2, -0.15) is 0 Å². The predicted molar refractivity (Wildman–Crippen MR) is 183 cm³/mol. The van der Waals surface area contributed by atoms with Crippen LogP contribution >= 0.6 is 0 Å². The van der Waals surface area contributed by atoms with Gasteiger partial charge in [-0.1, -0.05) is 54.6 Å². The lowest BCUT2D eigenvalue weighted by Gasteiger charge is -2.34. The van der Waals surface area contributed by atoms with Crippen molar-refractivity contribution < 1.29 is 17.9 Å². The van der Waals surface area contributed by atoms with E-state index >= 15 is 0 Å². The summed E-state index contributed by atoms with van der Waals surface area (Å²) in [4.78, 5) is 20.9. The summed E-state index contributed by atoms with van der Waals surface area (Å²) in [7, 11) is -3.69. The zero-order valence-electron chi connectivity index (χ0n) is 26.4. The Hall–Kier alpha value is -4.25. The van der Waals surface area contributed by atoms with Crippen LogP contribution in [0.4, 0.5) is 5.69 Å². The predicted octanol–water partition coefficient (Wildman–Crippen LogP) is 5.92. The molecule has 6 rings (SSSR count). The van der Waals surface area contributed by atoms with Gasteiger partial charge in [-0.3, -0.25) is 4.72 Å². The third kappa shape index (κ3) is 7.25. The van der Waals surface area contributed by atoms with Crippen LogP contribution in [0.1, 0.15) is 54.0 Å². The monoisotopic (exact) mass is 639 g/mol. The second kappa shape index (κ2) is 13.6. The highest BCUT2D eigenvalue weighted by molar-refractivity contribution is 7.91. The molecular formula is C36H41N5O4S. The highest BCUT2D eigenvalue weighted by Crippen LogP contribution is 2.29. The van der Waals surface area contributed by atoms with Crippen molar-refractivity contribution in [2.45, 2.75) is 51.6 Å². The molecule has 3 N–H and O–H groups in total. The molecular weight excluding hydrogens is 598 g/mol. The van der Waals surface area contributed by atoms with Crippen LogP contribution in [0.2, 0.25) is 0 Å². The number of piperidine rings is 1. The third-order valence-corrected chi connectivity index (χ3v) is 10.1. The summed E-state index contributed by atoms with van der Waals surface area (Å²) >= 11 is 0. The number of nitrogens with two attached hydrogens (primary N) is 1. The smallest absolute Gasteiger partial charge is 0.355 e. The maximum atomic E-state index is 13.7. The number of aromatic nitrogens is 2. The van der Waals surface area contributed by atoms with Crippen molar-refractivity contribution in [3.63, 3.8) is 0 Å². The number of carbonyl (C=O) groups excluding carboxylic acids is 1. The van der Waals surface area contributed by atoms with E-state index < -0.39 is 16.0 Å². The normalized spacial score (nSPS) is 14.7. The fourth-order valence-electron chi connectivity index (χ4n) is 6.27. The molecule has 5 aromatic rings. The molecule has 1 saturated heterocycles.